The van der Waals surface area contributed by atoms with Crippen molar-refractivity contribution >= 4 is 11.9 Å². The minimum absolute atomic E-state index is 1.01. The monoisotopic (exact) mass is 212 g/mol. The van der Waals surface area contributed by atoms with Gasteiger partial charge in [-0.1, -0.05) is 29.8 Å². The summed E-state index contributed by atoms with van der Waals surface area (Å²) < 4.78 is 0. The molecule has 1 N–H and O–H groups in total. The Balaban J connectivity index is 2.21. The summed E-state index contributed by atoms with van der Waals surface area (Å²) in [5.74, 6) is 0. The number of rotatable bonds is 2. The molecule has 0 saturated carbocycles. The second kappa shape index (κ2) is 4.35. The van der Waals surface area contributed by atoms with Gasteiger partial charge in [-0.2, -0.15) is 0 Å². The van der Waals surface area contributed by atoms with Crippen molar-refractivity contribution < 1.29 is 0 Å². The molecule has 2 heteroatoms. The summed E-state index contributed by atoms with van der Waals surface area (Å²) >= 11 is 0. The van der Waals surface area contributed by atoms with E-state index in [-0.39, 0.29) is 0 Å². The number of aromatic nitrogens is 1. The SMILES string of the molecule is Cc1ccc(C=Nc2cc(C)[nH]c2C)cc1. The van der Waals surface area contributed by atoms with Gasteiger partial charge in [0.1, 0.15) is 0 Å². The summed E-state index contributed by atoms with van der Waals surface area (Å²) in [6.45, 7) is 6.16. The number of hydrogen-bond donors (Lipinski definition) is 1. The van der Waals surface area contributed by atoms with Gasteiger partial charge in [0.15, 0.2) is 0 Å². The van der Waals surface area contributed by atoms with Crippen molar-refractivity contribution in [3.05, 3.63) is 52.8 Å². The molecule has 0 aliphatic heterocycles. The van der Waals surface area contributed by atoms with Crippen LogP contribution < -0.4 is 0 Å². The van der Waals surface area contributed by atoms with Crippen LogP contribution in [0.3, 0.4) is 0 Å². The number of aromatic amines is 1. The van der Waals surface area contributed by atoms with Gasteiger partial charge in [0.2, 0.25) is 0 Å². The number of nitrogens with zero attached hydrogens (tertiary/aromatic N) is 1. The predicted molar refractivity (Wildman–Crippen MR) is 68.7 cm³/mol. The lowest BCUT2D eigenvalue weighted by Crippen LogP contribution is -1.80. The molecule has 1 heterocycles. The van der Waals surface area contributed by atoms with E-state index in [1.54, 1.807) is 0 Å². The molecule has 2 aromatic rings. The van der Waals surface area contributed by atoms with Crippen LogP contribution in [0.5, 0.6) is 0 Å². The van der Waals surface area contributed by atoms with Gasteiger partial charge in [-0.15, -0.1) is 0 Å². The highest BCUT2D eigenvalue weighted by molar-refractivity contribution is 5.82. The topological polar surface area (TPSA) is 28.1 Å². The van der Waals surface area contributed by atoms with Gasteiger partial charge in [0.25, 0.3) is 0 Å². The van der Waals surface area contributed by atoms with Crippen LogP contribution in [0.15, 0.2) is 35.3 Å². The van der Waals surface area contributed by atoms with Gasteiger partial charge in [-0.25, -0.2) is 0 Å². The highest BCUT2D eigenvalue weighted by Gasteiger charge is 1.98. The quantitative estimate of drug-likeness (QED) is 0.735. The normalized spacial score (nSPS) is 11.2. The third kappa shape index (κ3) is 2.40. The Kier molecular flexibility index (Phi) is 2.91. The van der Waals surface area contributed by atoms with E-state index in [0.29, 0.717) is 0 Å². The van der Waals surface area contributed by atoms with E-state index >= 15 is 0 Å². The molecule has 1 aromatic carbocycles. The second-order valence-corrected chi connectivity index (χ2v) is 4.13. The smallest absolute Gasteiger partial charge is 0.0836 e. The third-order valence-corrected chi connectivity index (χ3v) is 2.55. The number of benzene rings is 1. The van der Waals surface area contributed by atoms with Gasteiger partial charge in [-0.3, -0.25) is 4.99 Å². The van der Waals surface area contributed by atoms with Crippen molar-refractivity contribution in [2.75, 3.05) is 0 Å². The largest absolute Gasteiger partial charge is 0.361 e. The highest BCUT2D eigenvalue weighted by atomic mass is 14.8. The number of aliphatic imine (C=N–C) groups is 1. The molecule has 0 aliphatic rings. The molecule has 0 aliphatic carbocycles. The molecule has 0 saturated heterocycles. The van der Waals surface area contributed by atoms with Gasteiger partial charge in [0, 0.05) is 17.6 Å². The molecule has 2 nitrogen and oxygen atoms in total. The Morgan fingerprint density at radius 2 is 1.75 bits per heavy atom. The molecule has 0 atom stereocenters. The van der Waals surface area contributed by atoms with Gasteiger partial charge >= 0.3 is 0 Å². The van der Waals surface area contributed by atoms with Crippen LogP contribution in [0, 0.1) is 20.8 Å². The Labute approximate surface area is 96.1 Å². The van der Waals surface area contributed by atoms with E-state index in [0.717, 1.165) is 22.6 Å². The number of aryl methyl sites for hydroxylation is 3. The van der Waals surface area contributed by atoms with Gasteiger partial charge in [0.05, 0.1) is 5.69 Å². The second-order valence-electron chi connectivity index (χ2n) is 4.13. The predicted octanol–water partition coefficient (Wildman–Crippen LogP) is 3.69. The van der Waals surface area contributed by atoms with E-state index in [1.807, 2.05) is 20.1 Å². The summed E-state index contributed by atoms with van der Waals surface area (Å²) in [5, 5.41) is 0. The van der Waals surface area contributed by atoms with Crippen molar-refractivity contribution in [1.29, 1.82) is 0 Å². The van der Waals surface area contributed by atoms with Crippen molar-refractivity contribution in [3.63, 3.8) is 0 Å². The Hall–Kier alpha value is -1.83. The lowest BCUT2D eigenvalue weighted by molar-refractivity contribution is 1.19. The minimum Gasteiger partial charge on any atom is -0.361 e. The third-order valence-electron chi connectivity index (χ3n) is 2.55. The van der Waals surface area contributed by atoms with Crippen LogP contribution in [-0.4, -0.2) is 11.2 Å². The molecule has 82 valence electrons. The molecular formula is C14H16N2. The van der Waals surface area contributed by atoms with Crippen LogP contribution in [-0.2, 0) is 0 Å². The zero-order chi connectivity index (χ0) is 11.5. The van der Waals surface area contributed by atoms with Crippen LogP contribution in [0.25, 0.3) is 0 Å². The average Bonchev–Trinajstić information content (AvgIpc) is 2.57. The highest BCUT2D eigenvalue weighted by Crippen LogP contribution is 2.18. The van der Waals surface area contributed by atoms with E-state index in [1.165, 1.54) is 5.56 Å². The zero-order valence-electron chi connectivity index (χ0n) is 9.91. The summed E-state index contributed by atoms with van der Waals surface area (Å²) in [6.07, 6.45) is 1.90. The standard InChI is InChI=1S/C14H16N2/c1-10-4-6-13(7-5-10)9-15-14-8-11(2)16-12(14)3/h4-9,16H,1-3H3. The number of H-pyrrole nitrogens is 1. The summed E-state index contributed by atoms with van der Waals surface area (Å²) in [6, 6.07) is 10.4. The van der Waals surface area contributed by atoms with Crippen molar-refractivity contribution in [2.24, 2.45) is 4.99 Å². The molecule has 2 rings (SSSR count). The number of hydrogen-bond acceptors (Lipinski definition) is 1. The first-order valence-corrected chi connectivity index (χ1v) is 5.42. The molecule has 1 aromatic heterocycles. The van der Waals surface area contributed by atoms with Crippen molar-refractivity contribution in [2.45, 2.75) is 20.8 Å². The van der Waals surface area contributed by atoms with Crippen LogP contribution in [0.2, 0.25) is 0 Å². The van der Waals surface area contributed by atoms with Crippen molar-refractivity contribution in [3.8, 4) is 0 Å². The van der Waals surface area contributed by atoms with Crippen LogP contribution in [0.4, 0.5) is 5.69 Å². The Bertz CT molecular complexity index is 504. The average molecular weight is 212 g/mol. The lowest BCUT2D eigenvalue weighted by atomic mass is 10.2. The molecule has 0 spiro atoms. The molecular weight excluding hydrogens is 196 g/mol. The lowest BCUT2D eigenvalue weighted by Gasteiger charge is -1.94. The van der Waals surface area contributed by atoms with E-state index in [4.69, 9.17) is 0 Å². The maximum absolute atomic E-state index is 4.47. The first-order valence-electron chi connectivity index (χ1n) is 5.42. The van der Waals surface area contributed by atoms with Gasteiger partial charge in [-0.05, 0) is 32.4 Å². The maximum Gasteiger partial charge on any atom is 0.0836 e. The molecule has 0 bridgehead atoms. The molecule has 0 amide bonds. The fourth-order valence-electron chi connectivity index (χ4n) is 1.64. The van der Waals surface area contributed by atoms with Crippen LogP contribution >= 0.6 is 0 Å². The van der Waals surface area contributed by atoms with Gasteiger partial charge < -0.3 is 4.98 Å². The zero-order valence-corrected chi connectivity index (χ0v) is 9.91. The van der Waals surface area contributed by atoms with E-state index < -0.39 is 0 Å². The Morgan fingerprint density at radius 3 is 2.31 bits per heavy atom. The fraction of sp³-hybridized carbons (Fsp3) is 0.214. The summed E-state index contributed by atoms with van der Waals surface area (Å²) in [5.41, 5.74) is 5.67. The first kappa shape index (κ1) is 10.7. The first-order chi connectivity index (χ1) is 7.65. The molecule has 0 unspecified atom stereocenters. The number of nitrogens with one attached hydrogen (secondary N) is 1. The van der Waals surface area contributed by atoms with Crippen LogP contribution in [0.1, 0.15) is 22.5 Å². The Morgan fingerprint density at radius 1 is 1.06 bits per heavy atom. The summed E-state index contributed by atoms with van der Waals surface area (Å²) in [7, 11) is 0. The summed E-state index contributed by atoms with van der Waals surface area (Å²) in [4.78, 5) is 7.71. The van der Waals surface area contributed by atoms with E-state index in [9.17, 15) is 0 Å². The molecule has 0 fully saturated rings. The molecule has 0 radical (unpaired) electrons. The molecule has 16 heavy (non-hydrogen) atoms. The van der Waals surface area contributed by atoms with E-state index in [2.05, 4.69) is 47.2 Å². The minimum atomic E-state index is 1.01. The van der Waals surface area contributed by atoms with Crippen molar-refractivity contribution in [1.82, 2.24) is 4.98 Å². The fourth-order valence-corrected chi connectivity index (χ4v) is 1.64. The maximum atomic E-state index is 4.47.